The van der Waals surface area contributed by atoms with Crippen molar-refractivity contribution in [1.82, 2.24) is 0 Å². The van der Waals surface area contributed by atoms with Crippen molar-refractivity contribution >= 4 is 27.4 Å². The number of ether oxygens (including phenoxy) is 1. The number of amides is 1. The average Bonchev–Trinajstić information content (AvgIpc) is 2.37. The Labute approximate surface area is 118 Å². The number of sulfone groups is 1. The van der Waals surface area contributed by atoms with Crippen LogP contribution < -0.4 is 5.32 Å². The van der Waals surface area contributed by atoms with Gasteiger partial charge in [-0.1, -0.05) is 0 Å². The van der Waals surface area contributed by atoms with Gasteiger partial charge in [-0.05, 0) is 38.1 Å². The van der Waals surface area contributed by atoms with Crippen LogP contribution in [0.3, 0.4) is 0 Å². The van der Waals surface area contributed by atoms with Crippen LogP contribution in [0.15, 0.2) is 24.3 Å². The minimum absolute atomic E-state index is 0.281. The number of hydrogen-bond donors (Lipinski definition) is 1. The maximum absolute atomic E-state index is 11.7. The highest BCUT2D eigenvalue weighted by atomic mass is 32.2. The summed E-state index contributed by atoms with van der Waals surface area (Å²) >= 11 is 0. The minimum Gasteiger partial charge on any atom is -0.462 e. The zero-order valence-corrected chi connectivity index (χ0v) is 12.4. The SMILES string of the molecule is CCOC(=O)c1ccc(NC(=O)C(C)S(C)(=O)=O)cc1. The molecular weight excluding hydrogens is 282 g/mol. The zero-order chi connectivity index (χ0) is 15.3. The Morgan fingerprint density at radius 3 is 2.25 bits per heavy atom. The van der Waals surface area contributed by atoms with Crippen LogP contribution in [0.25, 0.3) is 0 Å². The molecule has 0 saturated heterocycles. The van der Waals surface area contributed by atoms with Gasteiger partial charge in [0.25, 0.3) is 0 Å². The quantitative estimate of drug-likeness (QED) is 0.826. The molecule has 0 aliphatic heterocycles. The molecule has 1 aromatic carbocycles. The van der Waals surface area contributed by atoms with Gasteiger partial charge >= 0.3 is 5.97 Å². The summed E-state index contributed by atoms with van der Waals surface area (Å²) in [5.74, 6) is -1.06. The van der Waals surface area contributed by atoms with Gasteiger partial charge in [-0.25, -0.2) is 13.2 Å². The molecule has 7 heteroatoms. The summed E-state index contributed by atoms with van der Waals surface area (Å²) in [6, 6.07) is 6.02. The molecule has 0 fully saturated rings. The van der Waals surface area contributed by atoms with Gasteiger partial charge in [0.05, 0.1) is 12.2 Å². The molecule has 0 heterocycles. The van der Waals surface area contributed by atoms with Crippen LogP contribution in [0.1, 0.15) is 24.2 Å². The molecule has 0 aliphatic rings. The predicted molar refractivity (Wildman–Crippen MR) is 75.3 cm³/mol. The molecule has 110 valence electrons. The van der Waals surface area contributed by atoms with E-state index in [-0.39, 0.29) is 6.61 Å². The lowest BCUT2D eigenvalue weighted by molar-refractivity contribution is -0.115. The summed E-state index contributed by atoms with van der Waals surface area (Å²) in [6.07, 6.45) is 1.00. The second-order valence-electron chi connectivity index (χ2n) is 4.26. The second kappa shape index (κ2) is 6.51. The molecule has 0 spiro atoms. The van der Waals surface area contributed by atoms with E-state index < -0.39 is 27.0 Å². The number of carbonyl (C=O) groups is 2. The Morgan fingerprint density at radius 2 is 1.80 bits per heavy atom. The Bertz CT molecular complexity index is 592. The molecule has 1 N–H and O–H groups in total. The van der Waals surface area contributed by atoms with Gasteiger partial charge in [0.2, 0.25) is 5.91 Å². The van der Waals surface area contributed by atoms with Crippen molar-refractivity contribution in [3.05, 3.63) is 29.8 Å². The number of anilines is 1. The number of rotatable bonds is 5. The smallest absolute Gasteiger partial charge is 0.338 e. The van der Waals surface area contributed by atoms with Crippen LogP contribution in [0.4, 0.5) is 5.69 Å². The highest BCUT2D eigenvalue weighted by Crippen LogP contribution is 2.12. The first kappa shape index (κ1) is 16.2. The number of esters is 1. The van der Waals surface area contributed by atoms with E-state index >= 15 is 0 Å². The fraction of sp³-hybridized carbons (Fsp3) is 0.385. The Balaban J connectivity index is 2.76. The molecule has 0 radical (unpaired) electrons. The summed E-state index contributed by atoms with van der Waals surface area (Å²) < 4.78 is 27.3. The van der Waals surface area contributed by atoms with Crippen LogP contribution in [0.5, 0.6) is 0 Å². The minimum atomic E-state index is -3.44. The normalized spacial score (nSPS) is 12.6. The molecule has 0 aliphatic carbocycles. The van der Waals surface area contributed by atoms with E-state index in [1.807, 2.05) is 0 Å². The maximum atomic E-state index is 11.7. The maximum Gasteiger partial charge on any atom is 0.338 e. The fourth-order valence-electron chi connectivity index (χ4n) is 1.34. The van der Waals surface area contributed by atoms with E-state index in [9.17, 15) is 18.0 Å². The molecule has 0 bridgehead atoms. The Kier molecular flexibility index (Phi) is 5.26. The first-order chi connectivity index (χ1) is 9.25. The van der Waals surface area contributed by atoms with Crippen LogP contribution >= 0.6 is 0 Å². The van der Waals surface area contributed by atoms with E-state index in [1.54, 1.807) is 6.92 Å². The Hall–Kier alpha value is -1.89. The van der Waals surface area contributed by atoms with Gasteiger partial charge in [0, 0.05) is 11.9 Å². The van der Waals surface area contributed by atoms with Crippen molar-refractivity contribution in [2.45, 2.75) is 19.1 Å². The van der Waals surface area contributed by atoms with Gasteiger partial charge in [-0.15, -0.1) is 0 Å². The van der Waals surface area contributed by atoms with Crippen LogP contribution in [-0.2, 0) is 19.4 Å². The van der Waals surface area contributed by atoms with Crippen LogP contribution in [0, 0.1) is 0 Å². The first-order valence-electron chi connectivity index (χ1n) is 6.02. The number of hydrogen-bond acceptors (Lipinski definition) is 5. The van der Waals surface area contributed by atoms with Gasteiger partial charge in [0.15, 0.2) is 9.84 Å². The molecule has 0 saturated carbocycles. The standard InChI is InChI=1S/C13H17NO5S/c1-4-19-13(16)10-5-7-11(8-6-10)14-12(15)9(2)20(3,17)18/h5-9H,4H2,1-3H3,(H,14,15). The number of benzene rings is 1. The molecule has 1 atom stereocenters. The van der Waals surface area contributed by atoms with Crippen molar-refractivity contribution in [1.29, 1.82) is 0 Å². The van der Waals surface area contributed by atoms with Gasteiger partial charge in [0.1, 0.15) is 5.25 Å². The lowest BCUT2D eigenvalue weighted by atomic mass is 10.2. The van der Waals surface area contributed by atoms with E-state index in [0.717, 1.165) is 6.26 Å². The van der Waals surface area contributed by atoms with Crippen molar-refractivity contribution in [2.75, 3.05) is 18.2 Å². The van der Waals surface area contributed by atoms with E-state index in [1.165, 1.54) is 31.2 Å². The monoisotopic (exact) mass is 299 g/mol. The second-order valence-corrected chi connectivity index (χ2v) is 6.62. The first-order valence-corrected chi connectivity index (χ1v) is 7.98. The van der Waals surface area contributed by atoms with Gasteiger partial charge in [-0.3, -0.25) is 4.79 Å². The largest absolute Gasteiger partial charge is 0.462 e. The van der Waals surface area contributed by atoms with Crippen molar-refractivity contribution in [3.63, 3.8) is 0 Å². The van der Waals surface area contributed by atoms with Crippen molar-refractivity contribution < 1.29 is 22.7 Å². The summed E-state index contributed by atoms with van der Waals surface area (Å²) in [5, 5.41) is 1.34. The van der Waals surface area contributed by atoms with Gasteiger partial charge < -0.3 is 10.1 Å². The molecule has 1 aromatic rings. The highest BCUT2D eigenvalue weighted by molar-refractivity contribution is 7.92. The lowest BCUT2D eigenvalue weighted by Gasteiger charge is -2.10. The molecular formula is C13H17NO5S. The lowest BCUT2D eigenvalue weighted by Crippen LogP contribution is -2.31. The molecule has 6 nitrogen and oxygen atoms in total. The van der Waals surface area contributed by atoms with E-state index in [2.05, 4.69) is 5.32 Å². The van der Waals surface area contributed by atoms with E-state index in [0.29, 0.717) is 11.3 Å². The third-order valence-electron chi connectivity index (χ3n) is 2.68. The summed E-state index contributed by atoms with van der Waals surface area (Å²) in [6.45, 7) is 3.31. The van der Waals surface area contributed by atoms with Gasteiger partial charge in [-0.2, -0.15) is 0 Å². The predicted octanol–water partition coefficient (Wildman–Crippen LogP) is 1.23. The van der Waals surface area contributed by atoms with Crippen molar-refractivity contribution in [2.24, 2.45) is 0 Å². The van der Waals surface area contributed by atoms with E-state index in [4.69, 9.17) is 4.74 Å². The third kappa shape index (κ3) is 4.34. The summed E-state index contributed by atoms with van der Waals surface area (Å²) in [5.41, 5.74) is 0.777. The fourth-order valence-corrected chi connectivity index (χ4v) is 1.79. The van der Waals surface area contributed by atoms with Crippen LogP contribution in [0.2, 0.25) is 0 Å². The molecule has 1 amide bonds. The zero-order valence-electron chi connectivity index (χ0n) is 11.5. The van der Waals surface area contributed by atoms with Crippen molar-refractivity contribution in [3.8, 4) is 0 Å². The summed E-state index contributed by atoms with van der Waals surface area (Å²) in [4.78, 5) is 23.1. The molecule has 1 unspecified atom stereocenters. The van der Waals surface area contributed by atoms with Crippen LogP contribution in [-0.4, -0.2) is 38.4 Å². The molecule has 0 aromatic heterocycles. The molecule has 20 heavy (non-hydrogen) atoms. The Morgan fingerprint density at radius 1 is 1.25 bits per heavy atom. The number of nitrogens with one attached hydrogen (secondary N) is 1. The topological polar surface area (TPSA) is 89.5 Å². The molecule has 1 rings (SSSR count). The summed E-state index contributed by atoms with van der Waals surface area (Å²) in [7, 11) is -3.44. The average molecular weight is 299 g/mol. The third-order valence-corrected chi connectivity index (χ3v) is 4.17. The number of carbonyl (C=O) groups excluding carboxylic acids is 2. The highest BCUT2D eigenvalue weighted by Gasteiger charge is 2.23.